The Morgan fingerprint density at radius 1 is 1.23 bits per heavy atom. The van der Waals surface area contributed by atoms with Gasteiger partial charge in [-0.3, -0.25) is 9.52 Å². The van der Waals surface area contributed by atoms with Gasteiger partial charge in [0.05, 0.1) is 22.9 Å². The first-order valence-electron chi connectivity index (χ1n) is 9.55. The smallest absolute Gasteiger partial charge is 0.264 e. The average Bonchev–Trinajstić information content (AvgIpc) is 3.10. The van der Waals surface area contributed by atoms with Crippen molar-refractivity contribution in [3.63, 3.8) is 0 Å². The quantitative estimate of drug-likeness (QED) is 0.604. The number of fused-ring (bicyclic) bond motifs is 1. The molecule has 2 aromatic carbocycles. The number of aryl methyl sites for hydroxylation is 1. The van der Waals surface area contributed by atoms with E-state index < -0.39 is 10.0 Å². The van der Waals surface area contributed by atoms with Crippen LogP contribution in [0.25, 0.3) is 11.3 Å². The van der Waals surface area contributed by atoms with Crippen molar-refractivity contribution in [1.82, 2.24) is 4.98 Å². The fraction of sp³-hybridized carbons (Fsp3) is 0.238. The SMILES string of the molecule is CCOc1ccc(S(=O)(=O)Nc2nc(-c3ccc4c(c3)N(C)C(=O)CO4)c(C)s2)cc1. The first-order valence-corrected chi connectivity index (χ1v) is 11.9. The van der Waals surface area contributed by atoms with Gasteiger partial charge in [0, 0.05) is 17.5 Å². The van der Waals surface area contributed by atoms with E-state index in [1.807, 2.05) is 26.0 Å². The fourth-order valence-corrected chi connectivity index (χ4v) is 5.25. The van der Waals surface area contributed by atoms with Gasteiger partial charge in [0.15, 0.2) is 11.7 Å². The molecule has 0 saturated carbocycles. The van der Waals surface area contributed by atoms with Crippen molar-refractivity contribution >= 4 is 38.1 Å². The average molecular weight is 460 g/mol. The Kier molecular flexibility index (Phi) is 5.59. The van der Waals surface area contributed by atoms with Gasteiger partial charge in [0.25, 0.3) is 15.9 Å². The Morgan fingerprint density at radius 3 is 2.68 bits per heavy atom. The molecule has 1 aliphatic heterocycles. The normalized spacial score (nSPS) is 13.5. The minimum atomic E-state index is -3.79. The Hall–Kier alpha value is -3.11. The standard InChI is InChI=1S/C21H21N3O5S2/c1-4-28-15-6-8-16(9-7-15)31(26,27)23-21-22-20(13(2)30-21)14-5-10-18-17(11-14)24(3)19(25)12-29-18/h5-11H,4,12H2,1-3H3,(H,22,23). The number of carbonyl (C=O) groups is 1. The maximum absolute atomic E-state index is 12.8. The van der Waals surface area contributed by atoms with Gasteiger partial charge in [-0.05, 0) is 56.3 Å². The molecule has 8 nitrogen and oxygen atoms in total. The molecule has 1 aromatic heterocycles. The number of aromatic nitrogens is 1. The van der Waals surface area contributed by atoms with Crippen LogP contribution in [0.4, 0.5) is 10.8 Å². The van der Waals surface area contributed by atoms with Gasteiger partial charge in [-0.15, -0.1) is 11.3 Å². The largest absolute Gasteiger partial charge is 0.494 e. The van der Waals surface area contributed by atoms with Crippen LogP contribution in [0, 0.1) is 6.92 Å². The molecular weight excluding hydrogens is 438 g/mol. The maximum Gasteiger partial charge on any atom is 0.264 e. The number of likely N-dealkylation sites (N-methyl/N-ethyl adjacent to an activating group) is 1. The monoisotopic (exact) mass is 459 g/mol. The van der Waals surface area contributed by atoms with Gasteiger partial charge >= 0.3 is 0 Å². The van der Waals surface area contributed by atoms with Crippen LogP contribution in [0.15, 0.2) is 47.4 Å². The molecule has 0 bridgehead atoms. The second-order valence-corrected chi connectivity index (χ2v) is 9.74. The summed E-state index contributed by atoms with van der Waals surface area (Å²) in [4.78, 5) is 18.9. The molecule has 1 N–H and O–H groups in total. The second-order valence-electron chi connectivity index (χ2n) is 6.86. The molecule has 0 saturated heterocycles. The number of thiazole rings is 1. The van der Waals surface area contributed by atoms with Crippen molar-refractivity contribution in [1.29, 1.82) is 0 Å². The van der Waals surface area contributed by atoms with Crippen LogP contribution < -0.4 is 19.1 Å². The number of amides is 1. The number of nitrogens with one attached hydrogen (secondary N) is 1. The van der Waals surface area contributed by atoms with Crippen LogP contribution in [-0.4, -0.2) is 39.6 Å². The van der Waals surface area contributed by atoms with E-state index in [0.717, 1.165) is 10.4 Å². The molecule has 0 radical (unpaired) electrons. The summed E-state index contributed by atoms with van der Waals surface area (Å²) in [6.07, 6.45) is 0. The highest BCUT2D eigenvalue weighted by Gasteiger charge is 2.24. The van der Waals surface area contributed by atoms with Gasteiger partial charge in [0.1, 0.15) is 11.5 Å². The zero-order valence-corrected chi connectivity index (χ0v) is 18.8. The summed E-state index contributed by atoms with van der Waals surface area (Å²) in [7, 11) is -2.10. The first kappa shape index (κ1) is 21.1. The molecular formula is C21H21N3O5S2. The summed E-state index contributed by atoms with van der Waals surface area (Å²) in [5.74, 6) is 1.09. The molecule has 1 amide bonds. The molecule has 1 aliphatic rings. The van der Waals surface area contributed by atoms with E-state index in [0.29, 0.717) is 29.5 Å². The number of rotatable bonds is 6. The zero-order valence-electron chi connectivity index (χ0n) is 17.2. The lowest BCUT2D eigenvalue weighted by atomic mass is 10.1. The molecule has 3 aromatic rings. The Bertz CT molecular complexity index is 1240. The fourth-order valence-electron chi connectivity index (χ4n) is 3.18. The van der Waals surface area contributed by atoms with Gasteiger partial charge < -0.3 is 14.4 Å². The molecule has 4 rings (SSSR count). The highest BCUT2D eigenvalue weighted by Crippen LogP contribution is 2.38. The third-order valence-electron chi connectivity index (χ3n) is 4.78. The maximum atomic E-state index is 12.8. The Labute approximate surface area is 184 Å². The second kappa shape index (κ2) is 8.20. The van der Waals surface area contributed by atoms with Crippen molar-refractivity contribution < 1.29 is 22.7 Å². The molecule has 0 aliphatic carbocycles. The third-order valence-corrected chi connectivity index (χ3v) is 7.15. The number of benzene rings is 2. The summed E-state index contributed by atoms with van der Waals surface area (Å²) in [6, 6.07) is 11.7. The van der Waals surface area contributed by atoms with E-state index in [2.05, 4.69) is 9.71 Å². The number of sulfonamides is 1. The lowest BCUT2D eigenvalue weighted by Gasteiger charge is -2.26. The van der Waals surface area contributed by atoms with E-state index in [9.17, 15) is 13.2 Å². The lowest BCUT2D eigenvalue weighted by Crippen LogP contribution is -2.35. The topological polar surface area (TPSA) is 97.8 Å². The first-order chi connectivity index (χ1) is 14.8. The molecule has 0 spiro atoms. The summed E-state index contributed by atoms with van der Waals surface area (Å²) in [5.41, 5.74) is 2.06. The van der Waals surface area contributed by atoms with Crippen molar-refractivity contribution in [2.75, 3.05) is 29.9 Å². The molecule has 162 valence electrons. The van der Waals surface area contributed by atoms with Crippen molar-refractivity contribution in [3.8, 4) is 22.8 Å². The number of ether oxygens (including phenoxy) is 2. The molecule has 10 heteroatoms. The molecule has 0 fully saturated rings. The third kappa shape index (κ3) is 4.21. The Morgan fingerprint density at radius 2 is 1.97 bits per heavy atom. The lowest BCUT2D eigenvalue weighted by molar-refractivity contribution is -0.120. The van der Waals surface area contributed by atoms with Crippen LogP contribution in [0.3, 0.4) is 0 Å². The number of hydrogen-bond acceptors (Lipinski definition) is 7. The number of anilines is 2. The van der Waals surface area contributed by atoms with Gasteiger partial charge in [-0.1, -0.05) is 0 Å². The van der Waals surface area contributed by atoms with Crippen LogP contribution in [0.2, 0.25) is 0 Å². The number of nitrogens with zero attached hydrogens (tertiary/aromatic N) is 2. The van der Waals surface area contributed by atoms with Gasteiger partial charge in [0.2, 0.25) is 0 Å². The van der Waals surface area contributed by atoms with Crippen molar-refractivity contribution in [2.45, 2.75) is 18.7 Å². The van der Waals surface area contributed by atoms with E-state index in [1.165, 1.54) is 23.5 Å². The van der Waals surface area contributed by atoms with E-state index in [4.69, 9.17) is 9.47 Å². The predicted molar refractivity (Wildman–Crippen MR) is 120 cm³/mol. The summed E-state index contributed by atoms with van der Waals surface area (Å²) in [6.45, 7) is 4.24. The Balaban J connectivity index is 1.60. The van der Waals surface area contributed by atoms with Crippen LogP contribution >= 0.6 is 11.3 Å². The molecule has 0 unspecified atom stereocenters. The molecule has 0 atom stereocenters. The highest BCUT2D eigenvalue weighted by atomic mass is 32.2. The van der Waals surface area contributed by atoms with E-state index >= 15 is 0 Å². The van der Waals surface area contributed by atoms with Crippen LogP contribution in [0.1, 0.15) is 11.8 Å². The number of hydrogen-bond donors (Lipinski definition) is 1. The van der Waals surface area contributed by atoms with Crippen LogP contribution in [-0.2, 0) is 14.8 Å². The minimum absolute atomic E-state index is 0.00997. The number of carbonyl (C=O) groups excluding carboxylic acids is 1. The van der Waals surface area contributed by atoms with E-state index in [-0.39, 0.29) is 22.5 Å². The van der Waals surface area contributed by atoms with Crippen LogP contribution in [0.5, 0.6) is 11.5 Å². The summed E-state index contributed by atoms with van der Waals surface area (Å²) >= 11 is 1.24. The molecule has 31 heavy (non-hydrogen) atoms. The molecule has 2 heterocycles. The minimum Gasteiger partial charge on any atom is -0.494 e. The summed E-state index contributed by atoms with van der Waals surface area (Å²) in [5, 5.41) is 0.264. The van der Waals surface area contributed by atoms with Crippen molar-refractivity contribution in [3.05, 3.63) is 47.3 Å². The van der Waals surface area contributed by atoms with Crippen molar-refractivity contribution in [2.24, 2.45) is 0 Å². The highest BCUT2D eigenvalue weighted by molar-refractivity contribution is 7.93. The van der Waals surface area contributed by atoms with Gasteiger partial charge in [-0.25, -0.2) is 13.4 Å². The zero-order chi connectivity index (χ0) is 22.2. The predicted octanol–water partition coefficient (Wildman–Crippen LogP) is 3.67. The summed E-state index contributed by atoms with van der Waals surface area (Å²) < 4.78 is 38.9. The van der Waals surface area contributed by atoms with Gasteiger partial charge in [-0.2, -0.15) is 0 Å². The van der Waals surface area contributed by atoms with E-state index in [1.54, 1.807) is 30.1 Å².